The highest BCUT2D eigenvalue weighted by Gasteiger charge is 2.50. The minimum Gasteiger partial charge on any atom is -0.496 e. The molecule has 274 valence electrons. The third-order valence-corrected chi connectivity index (χ3v) is 11.2. The molecule has 2 aromatic carbocycles. The molecule has 1 unspecified atom stereocenters. The predicted octanol–water partition coefficient (Wildman–Crippen LogP) is 4.80. The van der Waals surface area contributed by atoms with E-state index in [4.69, 9.17) is 9.57 Å². The SMILES string of the molecule is CNC(O)c1cc(-c2cccc(CN3O[C@@H](CNCC(C)C)[C@@H]([C@H](C)O)[C@H]3C(=O)NC[C@@H](C)[C@H]3C[C@@H](C)C3(C)C)c2OC)cc(N(C)C)c1. The normalized spacial score (nSPS) is 25.5. The molecule has 4 rings (SSSR count). The van der Waals surface area contributed by atoms with E-state index in [2.05, 4.69) is 63.6 Å². The van der Waals surface area contributed by atoms with Crippen molar-refractivity contribution < 1.29 is 24.6 Å². The van der Waals surface area contributed by atoms with E-state index in [-0.39, 0.29) is 17.9 Å². The van der Waals surface area contributed by atoms with Crippen molar-refractivity contribution in [2.75, 3.05) is 52.8 Å². The van der Waals surface area contributed by atoms with Gasteiger partial charge in [0.2, 0.25) is 5.91 Å². The van der Waals surface area contributed by atoms with Crippen LogP contribution in [0.5, 0.6) is 5.75 Å². The molecule has 1 aliphatic carbocycles. The topological polar surface area (TPSA) is 119 Å². The average Bonchev–Trinajstić information content (AvgIpc) is 3.42. The van der Waals surface area contributed by atoms with Crippen LogP contribution in [0.3, 0.4) is 0 Å². The van der Waals surface area contributed by atoms with Crippen LogP contribution in [-0.2, 0) is 16.2 Å². The number of aliphatic hydroxyl groups is 2. The van der Waals surface area contributed by atoms with Crippen molar-refractivity contribution in [2.45, 2.75) is 85.9 Å². The summed E-state index contributed by atoms with van der Waals surface area (Å²) in [6.07, 6.45) is -0.819. The number of benzene rings is 2. The first-order chi connectivity index (χ1) is 23.1. The number of hydrogen-bond donors (Lipinski definition) is 5. The van der Waals surface area contributed by atoms with Crippen molar-refractivity contribution >= 4 is 11.6 Å². The molecule has 0 radical (unpaired) electrons. The summed E-state index contributed by atoms with van der Waals surface area (Å²) in [5.74, 6) is 2.10. The molecule has 1 saturated carbocycles. The number of carbonyl (C=O) groups excluding carboxylic acids is 1. The first kappa shape index (κ1) is 39.1. The maximum absolute atomic E-state index is 14.2. The number of carbonyl (C=O) groups is 1. The first-order valence-corrected chi connectivity index (χ1v) is 18.0. The molecule has 1 saturated heterocycles. The lowest BCUT2D eigenvalue weighted by molar-refractivity contribution is -0.175. The molecule has 2 fully saturated rings. The number of methoxy groups -OCH3 is 1. The van der Waals surface area contributed by atoms with Gasteiger partial charge in [-0.3, -0.25) is 14.9 Å². The lowest BCUT2D eigenvalue weighted by atomic mass is 9.52. The number of nitrogens with zero attached hydrogens (tertiary/aromatic N) is 2. The number of hydroxylamine groups is 2. The number of para-hydroxylation sites is 1. The van der Waals surface area contributed by atoms with Crippen molar-refractivity contribution in [3.8, 4) is 16.9 Å². The smallest absolute Gasteiger partial charge is 0.240 e. The van der Waals surface area contributed by atoms with Gasteiger partial charge in [-0.1, -0.05) is 59.7 Å². The van der Waals surface area contributed by atoms with Gasteiger partial charge in [0.25, 0.3) is 0 Å². The van der Waals surface area contributed by atoms with Crippen molar-refractivity contribution in [3.63, 3.8) is 0 Å². The van der Waals surface area contributed by atoms with E-state index in [1.807, 2.05) is 49.3 Å². The minimum absolute atomic E-state index is 0.131. The number of anilines is 1. The molecule has 0 bridgehead atoms. The van der Waals surface area contributed by atoms with E-state index >= 15 is 0 Å². The highest BCUT2D eigenvalue weighted by atomic mass is 16.7. The van der Waals surface area contributed by atoms with Crippen molar-refractivity contribution in [1.29, 1.82) is 0 Å². The van der Waals surface area contributed by atoms with Gasteiger partial charge in [0, 0.05) is 49.9 Å². The van der Waals surface area contributed by atoms with Gasteiger partial charge in [0.05, 0.1) is 25.9 Å². The molecule has 0 aromatic heterocycles. The Labute approximate surface area is 294 Å². The number of ether oxygens (including phenoxy) is 1. The molecular formula is C39H63N5O5. The fourth-order valence-electron chi connectivity index (χ4n) is 7.79. The average molecular weight is 682 g/mol. The Morgan fingerprint density at radius 1 is 1.12 bits per heavy atom. The zero-order valence-electron chi connectivity index (χ0n) is 31.7. The van der Waals surface area contributed by atoms with Gasteiger partial charge in [0.1, 0.15) is 18.0 Å². The molecule has 2 aliphatic rings. The lowest BCUT2D eigenvalue weighted by Crippen LogP contribution is -2.52. The van der Waals surface area contributed by atoms with E-state index in [1.54, 1.807) is 26.1 Å². The Hall–Kier alpha value is -2.73. The van der Waals surface area contributed by atoms with Crippen molar-refractivity contribution in [1.82, 2.24) is 21.0 Å². The van der Waals surface area contributed by atoms with E-state index in [0.29, 0.717) is 42.5 Å². The molecular weight excluding hydrogens is 618 g/mol. The maximum atomic E-state index is 14.2. The molecule has 10 heteroatoms. The second-order valence-electron chi connectivity index (χ2n) is 15.7. The summed E-state index contributed by atoms with van der Waals surface area (Å²) in [6, 6.07) is 11.3. The minimum atomic E-state index is -0.828. The zero-order chi connectivity index (χ0) is 36.2. The highest BCUT2D eigenvalue weighted by molar-refractivity contribution is 5.82. The Morgan fingerprint density at radius 2 is 1.84 bits per heavy atom. The van der Waals surface area contributed by atoms with Gasteiger partial charge >= 0.3 is 0 Å². The quantitative estimate of drug-likeness (QED) is 0.159. The van der Waals surface area contributed by atoms with Crippen LogP contribution in [0.15, 0.2) is 36.4 Å². The van der Waals surface area contributed by atoms with Gasteiger partial charge in [-0.15, -0.1) is 0 Å². The molecule has 2 aromatic rings. The number of rotatable bonds is 16. The lowest BCUT2D eigenvalue weighted by Gasteiger charge is -2.53. The van der Waals surface area contributed by atoms with Crippen LogP contribution in [0.4, 0.5) is 5.69 Å². The Morgan fingerprint density at radius 3 is 2.41 bits per heavy atom. The molecule has 8 atom stereocenters. The summed E-state index contributed by atoms with van der Waals surface area (Å²) in [5, 5.41) is 33.2. The van der Waals surface area contributed by atoms with E-state index in [9.17, 15) is 15.0 Å². The second kappa shape index (κ2) is 16.5. The Bertz CT molecular complexity index is 1400. The van der Waals surface area contributed by atoms with E-state index in [1.165, 1.54) is 6.42 Å². The molecule has 1 amide bonds. The third kappa shape index (κ3) is 8.78. The van der Waals surface area contributed by atoms with Crippen LogP contribution in [0.25, 0.3) is 11.1 Å². The van der Waals surface area contributed by atoms with Crippen LogP contribution in [0.2, 0.25) is 0 Å². The van der Waals surface area contributed by atoms with Gasteiger partial charge < -0.3 is 30.5 Å². The summed E-state index contributed by atoms with van der Waals surface area (Å²) < 4.78 is 6.07. The van der Waals surface area contributed by atoms with Gasteiger partial charge in [-0.25, -0.2) is 0 Å². The molecule has 1 heterocycles. The van der Waals surface area contributed by atoms with Crippen LogP contribution >= 0.6 is 0 Å². The fraction of sp³-hybridized carbons (Fsp3) is 0.667. The molecule has 0 spiro atoms. The number of hydrogen-bond acceptors (Lipinski definition) is 9. The summed E-state index contributed by atoms with van der Waals surface area (Å²) in [5.41, 5.74) is 4.54. The zero-order valence-corrected chi connectivity index (χ0v) is 31.7. The standard InChI is InChI=1S/C39H63N5O5/c1-23(2)19-41-21-33-34(26(5)45)35(38(47)42-20-24(3)32-15-25(4)39(32,6)7)44(49-33)22-27-13-12-14-31(36(27)48-11)28-16-29(37(46)40-8)18-30(17-28)43(9)10/h12-14,16-18,23-26,32-35,37,40-41,45-46H,15,19-22H2,1-11H3,(H,42,47)/t24-,25-,26+,32-,33+,34-,35+,37?/m1/s1. The summed E-state index contributed by atoms with van der Waals surface area (Å²) >= 11 is 0. The summed E-state index contributed by atoms with van der Waals surface area (Å²) in [7, 11) is 7.31. The Kier molecular flexibility index (Phi) is 13.2. The maximum Gasteiger partial charge on any atom is 0.240 e. The monoisotopic (exact) mass is 681 g/mol. The molecule has 10 nitrogen and oxygen atoms in total. The van der Waals surface area contributed by atoms with Crippen LogP contribution in [-0.4, -0.2) is 87.3 Å². The van der Waals surface area contributed by atoms with Gasteiger partial charge in [0.15, 0.2) is 0 Å². The van der Waals surface area contributed by atoms with Crippen molar-refractivity contribution in [3.05, 3.63) is 47.5 Å². The summed E-state index contributed by atoms with van der Waals surface area (Å²) in [4.78, 5) is 22.8. The van der Waals surface area contributed by atoms with E-state index in [0.717, 1.165) is 34.5 Å². The number of nitrogens with one attached hydrogen (secondary N) is 3. The summed E-state index contributed by atoms with van der Waals surface area (Å²) in [6.45, 7) is 17.4. The third-order valence-electron chi connectivity index (χ3n) is 11.2. The van der Waals surface area contributed by atoms with Gasteiger partial charge in [-0.2, -0.15) is 5.06 Å². The van der Waals surface area contributed by atoms with Crippen molar-refractivity contribution in [2.24, 2.45) is 35.0 Å². The number of amides is 1. The number of aliphatic hydroxyl groups excluding tert-OH is 2. The molecule has 1 aliphatic heterocycles. The van der Waals surface area contributed by atoms with Crippen LogP contribution in [0, 0.1) is 35.0 Å². The first-order valence-electron chi connectivity index (χ1n) is 18.0. The van der Waals surface area contributed by atoms with Crippen LogP contribution < -0.4 is 25.6 Å². The molecule has 5 N–H and O–H groups in total. The Balaban J connectivity index is 1.67. The fourth-order valence-corrected chi connectivity index (χ4v) is 7.79. The highest BCUT2D eigenvalue weighted by Crippen LogP contribution is 2.54. The van der Waals surface area contributed by atoms with Crippen LogP contribution in [0.1, 0.15) is 72.2 Å². The largest absolute Gasteiger partial charge is 0.496 e. The second-order valence-corrected chi connectivity index (χ2v) is 15.7. The van der Waals surface area contributed by atoms with E-state index < -0.39 is 30.4 Å². The predicted molar refractivity (Wildman–Crippen MR) is 197 cm³/mol. The van der Waals surface area contributed by atoms with Gasteiger partial charge in [-0.05, 0) is 85.3 Å². The molecule has 49 heavy (non-hydrogen) atoms.